The van der Waals surface area contributed by atoms with Crippen LogP contribution >= 0.6 is 0 Å². The fourth-order valence-electron chi connectivity index (χ4n) is 3.17. The first-order valence-corrected chi connectivity index (χ1v) is 8.94. The lowest BCUT2D eigenvalue weighted by molar-refractivity contribution is 0.0316. The molecule has 1 rings (SSSR count). The SMILES string of the molecule is CCCCN(CCCC)C(CCC)N1CCC(=NO)CC1. The van der Waals surface area contributed by atoms with Gasteiger partial charge >= 0.3 is 0 Å². The average molecular weight is 297 g/mol. The first kappa shape index (κ1) is 18.4. The van der Waals surface area contributed by atoms with Crippen LogP contribution in [-0.4, -0.2) is 53.1 Å². The van der Waals surface area contributed by atoms with Crippen molar-refractivity contribution in [3.8, 4) is 0 Å². The Balaban J connectivity index is 2.65. The van der Waals surface area contributed by atoms with E-state index in [2.05, 4.69) is 35.7 Å². The van der Waals surface area contributed by atoms with Crippen LogP contribution in [0.25, 0.3) is 0 Å². The summed E-state index contributed by atoms with van der Waals surface area (Å²) in [5.41, 5.74) is 0.968. The highest BCUT2D eigenvalue weighted by molar-refractivity contribution is 5.84. The third kappa shape index (κ3) is 6.35. The fourth-order valence-corrected chi connectivity index (χ4v) is 3.17. The molecule has 0 radical (unpaired) electrons. The van der Waals surface area contributed by atoms with Gasteiger partial charge in [0.1, 0.15) is 0 Å². The topological polar surface area (TPSA) is 39.1 Å². The summed E-state index contributed by atoms with van der Waals surface area (Å²) >= 11 is 0. The summed E-state index contributed by atoms with van der Waals surface area (Å²) in [5, 5.41) is 12.3. The maximum absolute atomic E-state index is 8.92. The Morgan fingerprint density at radius 1 is 1.05 bits per heavy atom. The van der Waals surface area contributed by atoms with Gasteiger partial charge in [0.15, 0.2) is 0 Å². The monoisotopic (exact) mass is 297 g/mol. The summed E-state index contributed by atoms with van der Waals surface area (Å²) in [6.45, 7) is 11.4. The van der Waals surface area contributed by atoms with Gasteiger partial charge in [-0.15, -0.1) is 0 Å². The molecule has 0 saturated carbocycles. The molecule has 1 unspecified atom stereocenters. The van der Waals surface area contributed by atoms with E-state index in [1.807, 2.05) is 0 Å². The molecule has 1 heterocycles. The van der Waals surface area contributed by atoms with Crippen LogP contribution in [-0.2, 0) is 0 Å². The number of hydrogen-bond donors (Lipinski definition) is 1. The van der Waals surface area contributed by atoms with E-state index in [-0.39, 0.29) is 0 Å². The minimum absolute atomic E-state index is 0.577. The summed E-state index contributed by atoms with van der Waals surface area (Å²) in [5.74, 6) is 0. The average Bonchev–Trinajstić information content (AvgIpc) is 2.53. The van der Waals surface area contributed by atoms with Gasteiger partial charge in [-0.3, -0.25) is 9.80 Å². The van der Waals surface area contributed by atoms with Crippen molar-refractivity contribution in [1.29, 1.82) is 0 Å². The third-order valence-corrected chi connectivity index (χ3v) is 4.50. The zero-order valence-corrected chi connectivity index (χ0v) is 14.4. The fraction of sp³-hybridized carbons (Fsp3) is 0.941. The van der Waals surface area contributed by atoms with Crippen LogP contribution < -0.4 is 0 Å². The zero-order valence-electron chi connectivity index (χ0n) is 14.4. The van der Waals surface area contributed by atoms with Crippen LogP contribution in [0.1, 0.15) is 72.1 Å². The molecule has 1 atom stereocenters. The lowest BCUT2D eigenvalue weighted by Gasteiger charge is -2.42. The molecule has 0 amide bonds. The summed E-state index contributed by atoms with van der Waals surface area (Å²) in [6.07, 6.45) is 10.0. The predicted octanol–water partition coefficient (Wildman–Crippen LogP) is 3.94. The van der Waals surface area contributed by atoms with E-state index in [0.717, 1.165) is 31.6 Å². The Kier molecular flexibility index (Phi) is 9.68. The van der Waals surface area contributed by atoms with Crippen molar-refractivity contribution in [2.24, 2.45) is 5.16 Å². The molecule has 1 saturated heterocycles. The molecule has 1 N–H and O–H groups in total. The highest BCUT2D eigenvalue weighted by Gasteiger charge is 2.26. The van der Waals surface area contributed by atoms with Gasteiger partial charge in [-0.25, -0.2) is 0 Å². The molecule has 1 aliphatic rings. The van der Waals surface area contributed by atoms with Crippen LogP contribution in [0.2, 0.25) is 0 Å². The van der Waals surface area contributed by atoms with Gasteiger partial charge in [-0.1, -0.05) is 45.2 Å². The molecule has 124 valence electrons. The normalized spacial score (nSPS) is 18.2. The largest absolute Gasteiger partial charge is 0.411 e. The molecule has 0 bridgehead atoms. The molecule has 1 aliphatic heterocycles. The number of hydrogen-bond acceptors (Lipinski definition) is 4. The van der Waals surface area contributed by atoms with Gasteiger partial charge in [-0.05, 0) is 32.4 Å². The minimum atomic E-state index is 0.577. The molecule has 21 heavy (non-hydrogen) atoms. The second-order valence-corrected chi connectivity index (χ2v) is 6.21. The number of rotatable bonds is 10. The summed E-state index contributed by atoms with van der Waals surface area (Å²) in [4.78, 5) is 5.32. The Morgan fingerprint density at radius 2 is 1.62 bits per heavy atom. The van der Waals surface area contributed by atoms with Crippen molar-refractivity contribution in [2.75, 3.05) is 26.2 Å². The lowest BCUT2D eigenvalue weighted by atomic mass is 10.1. The summed E-state index contributed by atoms with van der Waals surface area (Å²) < 4.78 is 0. The highest BCUT2D eigenvalue weighted by atomic mass is 16.4. The smallest absolute Gasteiger partial charge is 0.0622 e. The quantitative estimate of drug-likeness (QED) is 0.490. The maximum Gasteiger partial charge on any atom is 0.0622 e. The summed E-state index contributed by atoms with van der Waals surface area (Å²) in [7, 11) is 0. The number of oxime groups is 1. The molecule has 0 aromatic rings. The minimum Gasteiger partial charge on any atom is -0.411 e. The van der Waals surface area contributed by atoms with Crippen LogP contribution in [0.5, 0.6) is 0 Å². The number of nitrogens with zero attached hydrogens (tertiary/aromatic N) is 3. The number of unbranched alkanes of at least 4 members (excludes halogenated alkanes) is 2. The van der Waals surface area contributed by atoms with Gasteiger partial charge in [0.05, 0.1) is 11.9 Å². The predicted molar refractivity (Wildman–Crippen MR) is 90.1 cm³/mol. The molecule has 4 nitrogen and oxygen atoms in total. The van der Waals surface area contributed by atoms with Gasteiger partial charge in [0, 0.05) is 25.9 Å². The van der Waals surface area contributed by atoms with Gasteiger partial charge in [-0.2, -0.15) is 0 Å². The van der Waals surface area contributed by atoms with Crippen molar-refractivity contribution >= 4 is 5.71 Å². The van der Waals surface area contributed by atoms with Crippen molar-refractivity contribution in [2.45, 2.75) is 78.3 Å². The van der Waals surface area contributed by atoms with Crippen molar-refractivity contribution in [1.82, 2.24) is 9.80 Å². The second-order valence-electron chi connectivity index (χ2n) is 6.21. The van der Waals surface area contributed by atoms with E-state index in [9.17, 15) is 0 Å². The van der Waals surface area contributed by atoms with Gasteiger partial charge in [0.25, 0.3) is 0 Å². The van der Waals surface area contributed by atoms with Crippen LogP contribution in [0.4, 0.5) is 0 Å². The van der Waals surface area contributed by atoms with Crippen molar-refractivity contribution in [3.63, 3.8) is 0 Å². The Bertz CT molecular complexity index is 276. The standard InChI is InChI=1S/C17H35N3O/c1-4-7-12-19(13-8-5-2)17(9-6-3)20-14-10-16(18-21)11-15-20/h17,21H,4-15H2,1-3H3. The Hall–Kier alpha value is -0.610. The molecule has 0 aromatic carbocycles. The lowest BCUT2D eigenvalue weighted by Crippen LogP contribution is -2.51. The third-order valence-electron chi connectivity index (χ3n) is 4.50. The van der Waals surface area contributed by atoms with Gasteiger partial charge < -0.3 is 5.21 Å². The zero-order chi connectivity index (χ0) is 15.5. The summed E-state index contributed by atoms with van der Waals surface area (Å²) in [6, 6.07) is 0. The van der Waals surface area contributed by atoms with Gasteiger partial charge in [0.2, 0.25) is 0 Å². The highest BCUT2D eigenvalue weighted by Crippen LogP contribution is 2.19. The van der Waals surface area contributed by atoms with Crippen LogP contribution in [0.15, 0.2) is 5.16 Å². The molecule has 1 fully saturated rings. The molecule has 4 heteroatoms. The molecular formula is C17H35N3O. The molecule has 0 aromatic heterocycles. The van der Waals surface area contributed by atoms with E-state index in [1.54, 1.807) is 0 Å². The first-order chi connectivity index (χ1) is 10.3. The van der Waals surface area contributed by atoms with E-state index in [4.69, 9.17) is 5.21 Å². The van der Waals surface area contributed by atoms with E-state index >= 15 is 0 Å². The number of likely N-dealkylation sites (tertiary alicyclic amines) is 1. The first-order valence-electron chi connectivity index (χ1n) is 8.94. The Labute approximate surface area is 131 Å². The number of piperidine rings is 1. The Morgan fingerprint density at radius 3 is 2.05 bits per heavy atom. The van der Waals surface area contributed by atoms with E-state index in [0.29, 0.717) is 6.17 Å². The van der Waals surface area contributed by atoms with Crippen LogP contribution in [0.3, 0.4) is 0 Å². The van der Waals surface area contributed by atoms with Crippen molar-refractivity contribution < 1.29 is 5.21 Å². The van der Waals surface area contributed by atoms with Crippen LogP contribution in [0, 0.1) is 0 Å². The molecule has 0 aliphatic carbocycles. The molecular weight excluding hydrogens is 262 g/mol. The van der Waals surface area contributed by atoms with Crippen molar-refractivity contribution in [3.05, 3.63) is 0 Å². The van der Waals surface area contributed by atoms with E-state index in [1.165, 1.54) is 51.6 Å². The second kappa shape index (κ2) is 11.0. The molecule has 0 spiro atoms. The van der Waals surface area contributed by atoms with E-state index < -0.39 is 0 Å². The maximum atomic E-state index is 8.92.